The van der Waals surface area contributed by atoms with Gasteiger partial charge < -0.3 is 15.7 Å². The van der Waals surface area contributed by atoms with Crippen LogP contribution < -0.4 is 11.1 Å². The lowest BCUT2D eigenvalue weighted by atomic mass is 10.2. The van der Waals surface area contributed by atoms with Crippen molar-refractivity contribution in [2.45, 2.75) is 32.1 Å². The molecule has 1 atom stereocenters. The number of allylic oxidation sites excluding steroid dienone is 1. The van der Waals surface area contributed by atoms with Crippen LogP contribution in [0.4, 0.5) is 20.3 Å². The van der Waals surface area contributed by atoms with E-state index in [1.807, 2.05) is 65.7 Å². The predicted molar refractivity (Wildman–Crippen MR) is 171 cm³/mol. The Morgan fingerprint density at radius 2 is 2.03 bits per heavy atom. The van der Waals surface area contributed by atoms with Gasteiger partial charge in [0.05, 0.1) is 17.9 Å². The van der Waals surface area contributed by atoms with Crippen LogP contribution in [0.25, 0.3) is 10.6 Å². The summed E-state index contributed by atoms with van der Waals surface area (Å²) in [6.45, 7) is 8.72. The van der Waals surface area contributed by atoms with Crippen LogP contribution in [0.1, 0.15) is 17.2 Å². The molecule has 0 radical (unpaired) electrons. The van der Waals surface area contributed by atoms with Gasteiger partial charge in [-0.2, -0.15) is 0 Å². The molecule has 1 aromatic carbocycles. The summed E-state index contributed by atoms with van der Waals surface area (Å²) in [6, 6.07) is 7.64. The smallest absolute Gasteiger partial charge is 0.256 e. The Kier molecular flexibility index (Phi) is 11.8. The van der Waals surface area contributed by atoms with Gasteiger partial charge in [0.2, 0.25) is 0 Å². The lowest BCUT2D eigenvalue weighted by Gasteiger charge is -2.25. The Bertz CT molecular complexity index is 1390. The zero-order valence-electron chi connectivity index (χ0n) is 21.7. The van der Waals surface area contributed by atoms with Crippen molar-refractivity contribution < 1.29 is 8.78 Å². The fraction of sp³-hybridized carbons (Fsp3) is 0.240. The molecule has 0 saturated heterocycles. The maximum absolute atomic E-state index is 13.6. The second-order valence-electron chi connectivity index (χ2n) is 8.05. The van der Waals surface area contributed by atoms with E-state index in [0.717, 1.165) is 26.8 Å². The van der Waals surface area contributed by atoms with Crippen LogP contribution >= 0.6 is 51.5 Å². The van der Waals surface area contributed by atoms with E-state index in [9.17, 15) is 8.78 Å². The van der Waals surface area contributed by atoms with Gasteiger partial charge in [0.15, 0.2) is 11.7 Å². The second-order valence-corrected chi connectivity index (χ2v) is 11.9. The molecule has 2 aromatic heterocycles. The second kappa shape index (κ2) is 14.8. The van der Waals surface area contributed by atoms with E-state index >= 15 is 0 Å². The largest absolute Gasteiger partial charge is 0.405 e. The average molecular weight is 701 g/mol. The number of hydrogen-bond donors (Lipinski definition) is 2. The van der Waals surface area contributed by atoms with Crippen molar-refractivity contribution in [3.05, 3.63) is 70.5 Å². The highest BCUT2D eigenvalue weighted by Gasteiger charge is 2.23. The molecular formula is C25H28F2IN8PS2. The third kappa shape index (κ3) is 8.50. The number of amidine groups is 1. The SMILES string of the molecule is C=N/C(C(=Nc1cc(C)nc(C)n1)N(CC(F)F)PI)=C(/C=C/N)Nc1ccc(-c2nc(C)cs2)cc1SC. The number of aryl methyl sites for hydroxylation is 3. The molecule has 206 valence electrons. The van der Waals surface area contributed by atoms with Crippen LogP contribution in [-0.2, 0) is 0 Å². The molecule has 39 heavy (non-hydrogen) atoms. The summed E-state index contributed by atoms with van der Waals surface area (Å²) in [4.78, 5) is 23.1. The number of aliphatic imine (C=N–C) groups is 2. The number of nitrogens with one attached hydrogen (secondary N) is 1. The molecule has 8 nitrogen and oxygen atoms in total. The summed E-state index contributed by atoms with van der Waals surface area (Å²) in [5.41, 5.74) is 9.94. The molecule has 3 rings (SSSR count). The summed E-state index contributed by atoms with van der Waals surface area (Å²) in [5.74, 6) is 1.04. The molecule has 1 unspecified atom stereocenters. The van der Waals surface area contributed by atoms with E-state index in [1.54, 1.807) is 42.2 Å². The molecule has 0 aliphatic heterocycles. The van der Waals surface area contributed by atoms with Crippen molar-refractivity contribution in [2.75, 3.05) is 18.1 Å². The number of thioether (sulfide) groups is 1. The fourth-order valence-electron chi connectivity index (χ4n) is 3.51. The molecule has 0 bridgehead atoms. The Labute approximate surface area is 249 Å². The molecule has 14 heteroatoms. The third-order valence-electron chi connectivity index (χ3n) is 5.08. The first-order valence-electron chi connectivity index (χ1n) is 11.5. The number of nitrogens with two attached hydrogens (primary N) is 1. The van der Waals surface area contributed by atoms with Crippen molar-refractivity contribution >= 4 is 75.6 Å². The standard InChI is InChI=1S/C25H28F2IN8PS2/c1-14-10-22(33-16(3)31-14)35-24(36(37-28)12-21(26)27)23(30-4)19(8-9-29)34-18-7-6-17(11-20(18)38-5)25-32-15(2)13-39-25/h6-11,13,21,34,37H,4,12,29H2,1-3,5H3/b9-8+,23-19-,35-24?. The lowest BCUT2D eigenvalue weighted by Crippen LogP contribution is -2.29. The normalized spacial score (nSPS) is 13.0. The Balaban J connectivity index is 2.17. The van der Waals surface area contributed by atoms with Gasteiger partial charge in [-0.15, -0.1) is 23.1 Å². The summed E-state index contributed by atoms with van der Waals surface area (Å²) < 4.78 is 28.7. The molecule has 0 aliphatic rings. The number of halogens is 3. The molecule has 0 saturated carbocycles. The van der Waals surface area contributed by atoms with Crippen molar-refractivity contribution in [1.82, 2.24) is 19.6 Å². The first-order chi connectivity index (χ1) is 18.7. The molecule has 0 aliphatic carbocycles. The molecule has 3 aromatic rings. The maximum atomic E-state index is 13.6. The van der Waals surface area contributed by atoms with Gasteiger partial charge in [-0.3, -0.25) is 4.99 Å². The monoisotopic (exact) mass is 700 g/mol. The summed E-state index contributed by atoms with van der Waals surface area (Å²) in [5, 5.41) is 6.31. The number of aromatic nitrogens is 3. The number of alkyl halides is 2. The third-order valence-corrected chi connectivity index (χ3v) is 9.21. The minimum absolute atomic E-state index is 0.0572. The highest BCUT2D eigenvalue weighted by atomic mass is 127. The Morgan fingerprint density at radius 1 is 1.26 bits per heavy atom. The highest BCUT2D eigenvalue weighted by molar-refractivity contribution is 14.2. The van der Waals surface area contributed by atoms with Gasteiger partial charge in [-0.25, -0.2) is 28.7 Å². The van der Waals surface area contributed by atoms with E-state index < -0.39 is 13.0 Å². The minimum Gasteiger partial charge on any atom is -0.405 e. The maximum Gasteiger partial charge on any atom is 0.256 e. The average Bonchev–Trinajstić information content (AvgIpc) is 3.33. The zero-order chi connectivity index (χ0) is 28.5. The van der Waals surface area contributed by atoms with Gasteiger partial charge in [-0.05, 0) is 86.3 Å². The molecule has 3 N–H and O–H groups in total. The molecule has 0 fully saturated rings. The zero-order valence-corrected chi connectivity index (χ0v) is 26.5. The van der Waals surface area contributed by atoms with Crippen LogP contribution in [0.5, 0.6) is 0 Å². The number of thiazole rings is 1. The van der Waals surface area contributed by atoms with Crippen molar-refractivity contribution in [2.24, 2.45) is 15.7 Å². The first kappa shape index (κ1) is 31.1. The van der Waals surface area contributed by atoms with Crippen LogP contribution in [-0.4, -0.2) is 51.4 Å². The fourth-order valence-corrected chi connectivity index (χ4v) is 6.61. The van der Waals surface area contributed by atoms with Crippen molar-refractivity contribution in [1.29, 1.82) is 0 Å². The van der Waals surface area contributed by atoms with E-state index in [4.69, 9.17) is 5.73 Å². The van der Waals surface area contributed by atoms with E-state index in [0.29, 0.717) is 23.0 Å². The first-order valence-corrected chi connectivity index (χ1v) is 17.7. The quantitative estimate of drug-likeness (QED) is 0.0541. The van der Waals surface area contributed by atoms with Gasteiger partial charge >= 0.3 is 0 Å². The van der Waals surface area contributed by atoms with Gasteiger partial charge in [0.25, 0.3) is 6.43 Å². The van der Waals surface area contributed by atoms with Gasteiger partial charge in [-0.1, -0.05) is 0 Å². The van der Waals surface area contributed by atoms with Crippen LogP contribution in [0, 0.1) is 20.8 Å². The molecular weight excluding hydrogens is 672 g/mol. The molecule has 0 spiro atoms. The molecule has 2 heterocycles. The van der Waals surface area contributed by atoms with E-state index in [1.165, 1.54) is 10.9 Å². The summed E-state index contributed by atoms with van der Waals surface area (Å²) in [7, 11) is 0. The number of rotatable bonds is 11. The van der Waals surface area contributed by atoms with Crippen molar-refractivity contribution in [3.8, 4) is 10.6 Å². The number of benzene rings is 1. The Hall–Kier alpha value is -2.48. The van der Waals surface area contributed by atoms with Crippen LogP contribution in [0.3, 0.4) is 0 Å². The number of nitrogens with zero attached hydrogens (tertiary/aromatic N) is 6. The van der Waals surface area contributed by atoms with Crippen molar-refractivity contribution in [3.63, 3.8) is 0 Å². The summed E-state index contributed by atoms with van der Waals surface area (Å²) >= 11 is 5.18. The summed E-state index contributed by atoms with van der Waals surface area (Å²) in [6.07, 6.45) is 2.27. The topological polar surface area (TPSA) is 105 Å². The van der Waals surface area contributed by atoms with Crippen LogP contribution in [0.15, 0.2) is 68.2 Å². The number of hydrogen-bond acceptors (Lipinski definition) is 9. The highest BCUT2D eigenvalue weighted by Crippen LogP contribution is 2.35. The Morgan fingerprint density at radius 3 is 2.59 bits per heavy atom. The van der Waals surface area contributed by atoms with Crippen LogP contribution in [0.2, 0.25) is 0 Å². The van der Waals surface area contributed by atoms with E-state index in [2.05, 4.69) is 37.0 Å². The lowest BCUT2D eigenvalue weighted by molar-refractivity contribution is 0.137. The van der Waals surface area contributed by atoms with Gasteiger partial charge in [0.1, 0.15) is 16.5 Å². The van der Waals surface area contributed by atoms with E-state index in [-0.39, 0.29) is 17.9 Å². The number of anilines is 1. The van der Waals surface area contributed by atoms with Gasteiger partial charge in [0, 0.05) is 39.7 Å². The minimum atomic E-state index is -2.59. The predicted octanol–water partition coefficient (Wildman–Crippen LogP) is 7.28. The molecule has 0 amide bonds.